The Kier molecular flexibility index (Phi) is 3.84. The molecule has 0 saturated carbocycles. The number of rotatable bonds is 4. The first-order chi connectivity index (χ1) is 9.94. The molecule has 0 unspecified atom stereocenters. The molecule has 3 rings (SSSR count). The van der Waals surface area contributed by atoms with E-state index in [9.17, 15) is 5.11 Å². The highest BCUT2D eigenvalue weighted by atomic mass is 32.1. The van der Waals surface area contributed by atoms with Crippen LogP contribution in [0.15, 0.2) is 29.8 Å². The van der Waals surface area contributed by atoms with Crippen molar-refractivity contribution in [2.45, 2.75) is 25.5 Å². The van der Waals surface area contributed by atoms with Crippen LogP contribution < -0.4 is 5.73 Å². The first-order valence-electron chi connectivity index (χ1n) is 7.15. The van der Waals surface area contributed by atoms with Crippen molar-refractivity contribution in [2.75, 3.05) is 19.6 Å². The second-order valence-electron chi connectivity index (χ2n) is 6.16. The average Bonchev–Trinajstić information content (AvgIpc) is 2.83. The topological polar surface area (TPSA) is 62.4 Å². The van der Waals surface area contributed by atoms with Gasteiger partial charge in [-0.2, -0.15) is 0 Å². The fourth-order valence-corrected chi connectivity index (χ4v) is 3.70. The summed E-state index contributed by atoms with van der Waals surface area (Å²) in [5, 5.41) is 9.75. The zero-order valence-electron chi connectivity index (χ0n) is 12.4. The van der Waals surface area contributed by atoms with Gasteiger partial charge in [0.2, 0.25) is 0 Å². The highest BCUT2D eigenvalue weighted by Crippen LogP contribution is 2.28. The van der Waals surface area contributed by atoms with Crippen LogP contribution in [0, 0.1) is 6.92 Å². The van der Waals surface area contributed by atoms with E-state index in [1.165, 1.54) is 10.4 Å². The van der Waals surface area contributed by atoms with Gasteiger partial charge in [-0.25, -0.2) is 4.98 Å². The lowest BCUT2D eigenvalue weighted by Gasteiger charge is -2.45. The predicted octanol–water partition coefficient (Wildman–Crippen LogP) is 2.18. The zero-order chi connectivity index (χ0) is 15.0. The van der Waals surface area contributed by atoms with E-state index >= 15 is 0 Å². The van der Waals surface area contributed by atoms with E-state index in [0.29, 0.717) is 13.1 Å². The monoisotopic (exact) mass is 303 g/mol. The highest BCUT2D eigenvalue weighted by Gasteiger charge is 2.36. The van der Waals surface area contributed by atoms with E-state index in [2.05, 4.69) is 34.1 Å². The Morgan fingerprint density at radius 2 is 2.05 bits per heavy atom. The highest BCUT2D eigenvalue weighted by molar-refractivity contribution is 7.13. The Bertz CT molecular complexity index is 613. The maximum Gasteiger partial charge on any atom is 0.0872 e. The lowest BCUT2D eigenvalue weighted by atomic mass is 9.95. The number of nitrogens with two attached hydrogens (primary N) is 1. The molecule has 1 aliphatic rings. The van der Waals surface area contributed by atoms with E-state index in [1.807, 2.05) is 19.4 Å². The van der Waals surface area contributed by atoms with Crippen LogP contribution in [0.5, 0.6) is 0 Å². The Labute approximate surface area is 129 Å². The van der Waals surface area contributed by atoms with Gasteiger partial charge in [-0.1, -0.05) is 24.3 Å². The molecule has 2 heterocycles. The summed E-state index contributed by atoms with van der Waals surface area (Å²) in [6, 6.07) is 8.40. The molecule has 0 amide bonds. The fraction of sp³-hybridized carbons (Fsp3) is 0.438. The lowest BCUT2D eigenvalue weighted by molar-refractivity contribution is -0.0849. The summed E-state index contributed by atoms with van der Waals surface area (Å²) in [5.74, 6) is 0. The minimum atomic E-state index is -0.534. The van der Waals surface area contributed by atoms with E-state index < -0.39 is 5.60 Å². The van der Waals surface area contributed by atoms with Crippen molar-refractivity contribution in [3.63, 3.8) is 0 Å². The molecule has 5 heteroatoms. The van der Waals surface area contributed by atoms with Crippen LogP contribution in [-0.4, -0.2) is 40.2 Å². The lowest BCUT2D eigenvalue weighted by Crippen LogP contribution is -2.60. The molecule has 1 fully saturated rings. The number of β-amino-alcohol motifs (C(OH)–C–C–N with tert-alkyl or cyclic N) is 1. The van der Waals surface area contributed by atoms with Crippen LogP contribution in [0.1, 0.15) is 24.2 Å². The van der Waals surface area contributed by atoms with Gasteiger partial charge in [0.25, 0.3) is 0 Å². The summed E-state index contributed by atoms with van der Waals surface area (Å²) in [4.78, 5) is 7.69. The molecule has 1 aromatic carbocycles. The summed E-state index contributed by atoms with van der Waals surface area (Å²) in [6.45, 7) is 6.09. The molecule has 0 aliphatic carbocycles. The maximum atomic E-state index is 9.75. The van der Waals surface area contributed by atoms with E-state index in [1.54, 1.807) is 11.3 Å². The fourth-order valence-electron chi connectivity index (χ4n) is 2.89. The average molecular weight is 303 g/mol. The molecule has 3 N–H and O–H groups in total. The summed E-state index contributed by atoms with van der Waals surface area (Å²) in [7, 11) is 0. The minimum absolute atomic E-state index is 0.0160. The van der Waals surface area contributed by atoms with Gasteiger partial charge >= 0.3 is 0 Å². The molecule has 0 bridgehead atoms. The molecule has 112 valence electrons. The summed E-state index contributed by atoms with van der Waals surface area (Å²) < 4.78 is 0. The minimum Gasteiger partial charge on any atom is -0.388 e. The van der Waals surface area contributed by atoms with Crippen molar-refractivity contribution in [3.05, 3.63) is 41.0 Å². The zero-order valence-corrected chi connectivity index (χ0v) is 13.2. The van der Waals surface area contributed by atoms with Gasteiger partial charge in [-0.05, 0) is 25.0 Å². The standard InChI is InChI=1S/C16H21N3OS/c1-11-15(21-10-18-11)13-5-3-12(4-6-13)14(17)7-19-8-16(2,20)9-19/h3-6,10,14,20H,7-9,17H2,1-2H3/t14-/m0/s1. The molecule has 4 nitrogen and oxygen atoms in total. The largest absolute Gasteiger partial charge is 0.388 e. The van der Waals surface area contributed by atoms with Gasteiger partial charge in [0.1, 0.15) is 0 Å². The van der Waals surface area contributed by atoms with Crippen molar-refractivity contribution in [3.8, 4) is 10.4 Å². The van der Waals surface area contributed by atoms with E-state index in [4.69, 9.17) is 5.73 Å². The van der Waals surface area contributed by atoms with Crippen LogP contribution in [0.3, 0.4) is 0 Å². The molecule has 0 radical (unpaired) electrons. The third-order valence-electron chi connectivity index (χ3n) is 3.93. The first kappa shape index (κ1) is 14.7. The number of hydrogen-bond acceptors (Lipinski definition) is 5. The van der Waals surface area contributed by atoms with Gasteiger partial charge < -0.3 is 10.8 Å². The third kappa shape index (κ3) is 3.16. The van der Waals surface area contributed by atoms with Crippen molar-refractivity contribution in [1.82, 2.24) is 9.88 Å². The SMILES string of the molecule is Cc1ncsc1-c1ccc([C@@H](N)CN2CC(C)(O)C2)cc1. The van der Waals surface area contributed by atoms with Crippen molar-refractivity contribution < 1.29 is 5.11 Å². The number of nitrogens with zero attached hydrogens (tertiary/aromatic N) is 2. The molecule has 1 saturated heterocycles. The normalized spacial score (nSPS) is 19.2. The van der Waals surface area contributed by atoms with Crippen LogP contribution >= 0.6 is 11.3 Å². The van der Waals surface area contributed by atoms with Crippen LogP contribution in [0.4, 0.5) is 0 Å². The summed E-state index contributed by atoms with van der Waals surface area (Å²) in [6.07, 6.45) is 0. The molecule has 0 spiro atoms. The van der Waals surface area contributed by atoms with Crippen molar-refractivity contribution in [1.29, 1.82) is 0 Å². The number of aliphatic hydroxyl groups is 1. The first-order valence-corrected chi connectivity index (χ1v) is 8.03. The molecule has 1 aromatic heterocycles. The van der Waals surface area contributed by atoms with E-state index in [0.717, 1.165) is 17.8 Å². The van der Waals surface area contributed by atoms with Crippen molar-refractivity contribution in [2.24, 2.45) is 5.73 Å². The van der Waals surface area contributed by atoms with Gasteiger partial charge in [0, 0.05) is 25.7 Å². The van der Waals surface area contributed by atoms with Gasteiger partial charge in [-0.3, -0.25) is 4.90 Å². The molecule has 2 aromatic rings. The van der Waals surface area contributed by atoms with Crippen LogP contribution in [0.2, 0.25) is 0 Å². The number of benzene rings is 1. The predicted molar refractivity (Wildman–Crippen MR) is 86.3 cm³/mol. The molecule has 1 atom stereocenters. The number of aryl methyl sites for hydroxylation is 1. The maximum absolute atomic E-state index is 9.75. The Morgan fingerprint density at radius 1 is 1.38 bits per heavy atom. The van der Waals surface area contributed by atoms with Crippen molar-refractivity contribution >= 4 is 11.3 Å². The summed E-state index contributed by atoms with van der Waals surface area (Å²) in [5.41, 5.74) is 11.0. The number of likely N-dealkylation sites (tertiary alicyclic amines) is 1. The van der Waals surface area contributed by atoms with Crippen LogP contribution in [0.25, 0.3) is 10.4 Å². The molecular weight excluding hydrogens is 282 g/mol. The quantitative estimate of drug-likeness (QED) is 0.909. The van der Waals surface area contributed by atoms with Gasteiger partial charge in [-0.15, -0.1) is 11.3 Å². The second-order valence-corrected chi connectivity index (χ2v) is 7.02. The third-order valence-corrected chi connectivity index (χ3v) is 4.91. The second kappa shape index (κ2) is 5.50. The Morgan fingerprint density at radius 3 is 2.57 bits per heavy atom. The smallest absolute Gasteiger partial charge is 0.0872 e. The Hall–Kier alpha value is -1.27. The number of thiazole rings is 1. The summed E-state index contributed by atoms with van der Waals surface area (Å²) >= 11 is 1.66. The van der Waals surface area contributed by atoms with E-state index in [-0.39, 0.29) is 6.04 Å². The Balaban J connectivity index is 1.65. The number of aromatic nitrogens is 1. The molecular formula is C16H21N3OS. The molecule has 21 heavy (non-hydrogen) atoms. The van der Waals surface area contributed by atoms with Gasteiger partial charge in [0.15, 0.2) is 0 Å². The number of hydrogen-bond donors (Lipinski definition) is 2. The van der Waals surface area contributed by atoms with Gasteiger partial charge in [0.05, 0.1) is 21.7 Å². The molecule has 1 aliphatic heterocycles. The van der Waals surface area contributed by atoms with Crippen LogP contribution in [-0.2, 0) is 0 Å².